The van der Waals surface area contributed by atoms with E-state index in [1.807, 2.05) is 0 Å². The molecule has 0 aliphatic rings. The number of halogens is 3. The second-order valence-electron chi connectivity index (χ2n) is 2.82. The van der Waals surface area contributed by atoms with Crippen molar-refractivity contribution in [2.45, 2.75) is 6.92 Å². The van der Waals surface area contributed by atoms with Gasteiger partial charge in [0, 0.05) is 6.54 Å². The third-order valence-corrected chi connectivity index (χ3v) is 1.74. The predicted molar refractivity (Wildman–Crippen MR) is 55.2 cm³/mol. The summed E-state index contributed by atoms with van der Waals surface area (Å²) in [4.78, 5) is 3.82. The molecule has 4 nitrogen and oxygen atoms in total. The first-order valence-electron chi connectivity index (χ1n) is 4.51. The van der Waals surface area contributed by atoms with Crippen LogP contribution in [-0.2, 0) is 0 Å². The monoisotopic (exact) mass is 232 g/mol. The van der Waals surface area contributed by atoms with Crippen LogP contribution in [0.3, 0.4) is 0 Å². The molecule has 0 radical (unpaired) electrons. The number of hydrazine groups is 1. The van der Waals surface area contributed by atoms with E-state index in [2.05, 4.69) is 15.7 Å². The normalized spacial score (nSPS) is 11.4. The van der Waals surface area contributed by atoms with E-state index in [0.29, 0.717) is 6.54 Å². The molecule has 0 aliphatic heterocycles. The lowest BCUT2D eigenvalue weighted by atomic mass is 10.3. The van der Waals surface area contributed by atoms with Crippen molar-refractivity contribution in [2.24, 2.45) is 10.8 Å². The summed E-state index contributed by atoms with van der Waals surface area (Å²) >= 11 is 0. The highest BCUT2D eigenvalue weighted by Crippen LogP contribution is 2.19. The van der Waals surface area contributed by atoms with Gasteiger partial charge in [0.25, 0.3) is 0 Å². The van der Waals surface area contributed by atoms with Crippen LogP contribution in [0.25, 0.3) is 0 Å². The largest absolute Gasteiger partial charge is 0.323 e. The molecule has 0 amide bonds. The Kier molecular flexibility index (Phi) is 4.12. The van der Waals surface area contributed by atoms with Gasteiger partial charge in [0.05, 0.1) is 5.69 Å². The number of nitrogens with one attached hydrogen (secondary N) is 2. The smallest absolute Gasteiger partial charge is 0.210 e. The van der Waals surface area contributed by atoms with Crippen molar-refractivity contribution >= 4 is 11.6 Å². The molecule has 0 aromatic heterocycles. The molecule has 0 atom stereocenters. The number of anilines is 1. The molecule has 0 bridgehead atoms. The molecule has 88 valence electrons. The minimum Gasteiger partial charge on any atom is -0.323 e. The fraction of sp³-hybridized carbons (Fsp3) is 0.222. The molecule has 0 unspecified atom stereocenters. The van der Waals surface area contributed by atoms with E-state index in [4.69, 9.17) is 5.84 Å². The van der Waals surface area contributed by atoms with E-state index in [9.17, 15) is 13.2 Å². The summed E-state index contributed by atoms with van der Waals surface area (Å²) in [6.45, 7) is 2.14. The highest BCUT2D eigenvalue weighted by atomic mass is 19.2. The number of nitrogens with zero attached hydrogens (tertiary/aromatic N) is 1. The summed E-state index contributed by atoms with van der Waals surface area (Å²) < 4.78 is 38.7. The Morgan fingerprint density at radius 2 is 2.00 bits per heavy atom. The third kappa shape index (κ3) is 2.63. The van der Waals surface area contributed by atoms with Crippen LogP contribution in [0.1, 0.15) is 6.92 Å². The lowest BCUT2D eigenvalue weighted by Crippen LogP contribution is -2.36. The van der Waals surface area contributed by atoms with Gasteiger partial charge in [-0.3, -0.25) is 10.4 Å². The SMILES string of the molecule is CCN=C(NN)Nc1ccc(F)c(F)c1F. The van der Waals surface area contributed by atoms with Crippen molar-refractivity contribution in [1.29, 1.82) is 0 Å². The highest BCUT2D eigenvalue weighted by Gasteiger charge is 2.13. The summed E-state index contributed by atoms with van der Waals surface area (Å²) in [6.07, 6.45) is 0. The number of rotatable bonds is 2. The van der Waals surface area contributed by atoms with Gasteiger partial charge in [0.15, 0.2) is 17.5 Å². The van der Waals surface area contributed by atoms with Crippen LogP contribution in [0.2, 0.25) is 0 Å². The number of hydrogen-bond acceptors (Lipinski definition) is 2. The van der Waals surface area contributed by atoms with Gasteiger partial charge in [0.2, 0.25) is 5.96 Å². The van der Waals surface area contributed by atoms with Gasteiger partial charge in [-0.05, 0) is 19.1 Å². The van der Waals surface area contributed by atoms with Gasteiger partial charge in [0.1, 0.15) is 0 Å². The molecule has 1 rings (SSSR count). The maximum absolute atomic E-state index is 13.2. The molecule has 0 aliphatic carbocycles. The van der Waals surface area contributed by atoms with E-state index in [0.717, 1.165) is 12.1 Å². The van der Waals surface area contributed by atoms with Crippen LogP contribution < -0.4 is 16.6 Å². The molecule has 0 fully saturated rings. The predicted octanol–water partition coefficient (Wildman–Crippen LogP) is 1.35. The lowest BCUT2D eigenvalue weighted by molar-refractivity contribution is 0.449. The molecule has 1 aromatic rings. The van der Waals surface area contributed by atoms with Crippen molar-refractivity contribution in [2.75, 3.05) is 11.9 Å². The fourth-order valence-electron chi connectivity index (χ4n) is 1.03. The summed E-state index contributed by atoms with van der Waals surface area (Å²) in [5, 5.41) is 2.40. The lowest BCUT2D eigenvalue weighted by Gasteiger charge is -2.09. The number of benzene rings is 1. The number of guanidine groups is 1. The van der Waals surface area contributed by atoms with Gasteiger partial charge in [-0.2, -0.15) is 0 Å². The minimum atomic E-state index is -1.54. The quantitative estimate of drug-likeness (QED) is 0.237. The average Bonchev–Trinajstić information content (AvgIpc) is 2.29. The molecule has 16 heavy (non-hydrogen) atoms. The summed E-state index contributed by atoms with van der Waals surface area (Å²) in [6, 6.07) is 1.86. The Morgan fingerprint density at radius 3 is 2.56 bits per heavy atom. The molecular weight excluding hydrogens is 221 g/mol. The van der Waals surface area contributed by atoms with Gasteiger partial charge in [-0.25, -0.2) is 19.0 Å². The molecule has 0 saturated carbocycles. The van der Waals surface area contributed by atoms with Crippen LogP contribution in [0.4, 0.5) is 18.9 Å². The van der Waals surface area contributed by atoms with E-state index in [-0.39, 0.29) is 11.6 Å². The van der Waals surface area contributed by atoms with E-state index in [1.54, 1.807) is 6.92 Å². The maximum Gasteiger partial charge on any atom is 0.210 e. The van der Waals surface area contributed by atoms with Crippen LogP contribution in [0.15, 0.2) is 17.1 Å². The van der Waals surface area contributed by atoms with E-state index >= 15 is 0 Å². The zero-order valence-corrected chi connectivity index (χ0v) is 8.52. The summed E-state index contributed by atoms with van der Waals surface area (Å²) in [7, 11) is 0. The molecule has 1 aromatic carbocycles. The van der Waals surface area contributed by atoms with Crippen molar-refractivity contribution in [3.63, 3.8) is 0 Å². The first kappa shape index (κ1) is 12.3. The average molecular weight is 232 g/mol. The second kappa shape index (κ2) is 5.36. The van der Waals surface area contributed by atoms with Crippen LogP contribution in [-0.4, -0.2) is 12.5 Å². The van der Waals surface area contributed by atoms with Crippen LogP contribution in [0, 0.1) is 17.5 Å². The molecule has 4 N–H and O–H groups in total. The number of nitrogens with two attached hydrogens (primary N) is 1. The topological polar surface area (TPSA) is 62.4 Å². The Morgan fingerprint density at radius 1 is 1.31 bits per heavy atom. The number of aliphatic imine (C=N–C) groups is 1. The standard InChI is InChI=1S/C9H11F3N4/c1-2-14-9(16-13)15-6-4-3-5(10)7(11)8(6)12/h3-4H,2,13H2,1H3,(H2,14,15,16). The number of hydrogen-bond donors (Lipinski definition) is 3. The third-order valence-electron chi connectivity index (χ3n) is 1.74. The van der Waals surface area contributed by atoms with Gasteiger partial charge < -0.3 is 5.32 Å². The Labute approximate surface area is 90.3 Å². The fourth-order valence-corrected chi connectivity index (χ4v) is 1.03. The molecule has 0 heterocycles. The van der Waals surface area contributed by atoms with Crippen molar-refractivity contribution in [3.05, 3.63) is 29.6 Å². The van der Waals surface area contributed by atoms with Crippen LogP contribution in [0.5, 0.6) is 0 Å². The Bertz CT molecular complexity index is 406. The highest BCUT2D eigenvalue weighted by molar-refractivity contribution is 5.93. The molecular formula is C9H11F3N4. The van der Waals surface area contributed by atoms with Crippen LogP contribution >= 0.6 is 0 Å². The van der Waals surface area contributed by atoms with Crippen molar-refractivity contribution in [3.8, 4) is 0 Å². The van der Waals surface area contributed by atoms with E-state index < -0.39 is 17.5 Å². The Hall–Kier alpha value is -1.76. The van der Waals surface area contributed by atoms with Crippen molar-refractivity contribution < 1.29 is 13.2 Å². The Balaban J connectivity index is 2.98. The molecule has 7 heteroatoms. The van der Waals surface area contributed by atoms with E-state index in [1.165, 1.54) is 0 Å². The summed E-state index contributed by atoms with van der Waals surface area (Å²) in [5.74, 6) is 1.04. The zero-order chi connectivity index (χ0) is 12.1. The second-order valence-corrected chi connectivity index (χ2v) is 2.82. The zero-order valence-electron chi connectivity index (χ0n) is 8.52. The first-order chi connectivity index (χ1) is 7.60. The summed E-state index contributed by atoms with van der Waals surface area (Å²) in [5.41, 5.74) is 1.92. The maximum atomic E-state index is 13.2. The minimum absolute atomic E-state index is 0.0624. The molecule has 0 saturated heterocycles. The molecule has 0 spiro atoms. The van der Waals surface area contributed by atoms with Crippen molar-refractivity contribution in [1.82, 2.24) is 5.43 Å². The van der Waals surface area contributed by atoms with Gasteiger partial charge in [-0.15, -0.1) is 0 Å². The first-order valence-corrected chi connectivity index (χ1v) is 4.51. The van der Waals surface area contributed by atoms with Gasteiger partial charge in [-0.1, -0.05) is 0 Å². The van der Waals surface area contributed by atoms with Gasteiger partial charge >= 0.3 is 0 Å².